The van der Waals surface area contributed by atoms with Gasteiger partial charge in [-0.1, -0.05) is 26.0 Å². The molecule has 1 atom stereocenters. The lowest BCUT2D eigenvalue weighted by Gasteiger charge is -2.12. The molecule has 0 heterocycles. The van der Waals surface area contributed by atoms with Gasteiger partial charge >= 0.3 is 0 Å². The van der Waals surface area contributed by atoms with Gasteiger partial charge in [0.1, 0.15) is 0 Å². The number of rotatable bonds is 11. The molecule has 0 aromatic carbocycles. The van der Waals surface area contributed by atoms with Crippen molar-refractivity contribution in [2.75, 3.05) is 26.3 Å². The molecule has 3 heteroatoms. The minimum absolute atomic E-state index is 0.389. The molecule has 0 saturated carbocycles. The summed E-state index contributed by atoms with van der Waals surface area (Å²) >= 11 is 0. The van der Waals surface area contributed by atoms with E-state index in [-0.39, 0.29) is 6.10 Å². The van der Waals surface area contributed by atoms with Gasteiger partial charge in [0.15, 0.2) is 0 Å². The topological polar surface area (TPSA) is 41.5 Å². The lowest BCUT2D eigenvalue weighted by Crippen LogP contribution is -2.31. The average molecular weight is 243 g/mol. The van der Waals surface area contributed by atoms with Gasteiger partial charge in [-0.05, 0) is 38.6 Å². The number of nitrogens with one attached hydrogen (secondary N) is 1. The molecule has 0 aliphatic heterocycles. The Balaban J connectivity index is 3.20. The van der Waals surface area contributed by atoms with Crippen molar-refractivity contribution in [3.8, 4) is 0 Å². The van der Waals surface area contributed by atoms with Crippen LogP contribution in [0.5, 0.6) is 0 Å². The quantitative estimate of drug-likeness (QED) is 0.432. The van der Waals surface area contributed by atoms with Gasteiger partial charge in [-0.25, -0.2) is 0 Å². The van der Waals surface area contributed by atoms with Crippen LogP contribution in [-0.2, 0) is 4.74 Å². The first kappa shape index (κ1) is 16.6. The van der Waals surface area contributed by atoms with Gasteiger partial charge < -0.3 is 15.2 Å². The summed E-state index contributed by atoms with van der Waals surface area (Å²) < 4.78 is 5.42. The van der Waals surface area contributed by atoms with Crippen molar-refractivity contribution in [2.24, 2.45) is 5.92 Å². The average Bonchev–Trinajstić information content (AvgIpc) is 2.28. The van der Waals surface area contributed by atoms with Crippen LogP contribution in [0.3, 0.4) is 0 Å². The SMILES string of the molecule is C/C=C/CCNCC(O)COCCCC(C)C. The van der Waals surface area contributed by atoms with E-state index in [2.05, 4.69) is 25.2 Å². The molecular weight excluding hydrogens is 214 g/mol. The van der Waals surface area contributed by atoms with Gasteiger partial charge in [0.2, 0.25) is 0 Å². The van der Waals surface area contributed by atoms with E-state index in [1.807, 2.05) is 13.0 Å². The highest BCUT2D eigenvalue weighted by molar-refractivity contribution is 4.77. The molecule has 17 heavy (non-hydrogen) atoms. The summed E-state index contributed by atoms with van der Waals surface area (Å²) in [6, 6.07) is 0. The third-order valence-electron chi connectivity index (χ3n) is 2.48. The molecule has 0 saturated heterocycles. The van der Waals surface area contributed by atoms with Crippen LogP contribution in [0.15, 0.2) is 12.2 Å². The van der Waals surface area contributed by atoms with Crippen molar-refractivity contribution in [2.45, 2.75) is 46.1 Å². The number of hydrogen-bond acceptors (Lipinski definition) is 3. The molecule has 2 N–H and O–H groups in total. The molecule has 0 fully saturated rings. The number of hydrogen-bond donors (Lipinski definition) is 2. The lowest BCUT2D eigenvalue weighted by atomic mass is 10.1. The Morgan fingerprint density at radius 2 is 2.12 bits per heavy atom. The molecule has 0 bridgehead atoms. The van der Waals surface area contributed by atoms with E-state index in [4.69, 9.17) is 4.74 Å². The molecule has 0 rings (SSSR count). The van der Waals surface area contributed by atoms with Crippen LogP contribution < -0.4 is 5.32 Å². The summed E-state index contributed by atoms with van der Waals surface area (Å²) in [5, 5.41) is 12.8. The van der Waals surface area contributed by atoms with Gasteiger partial charge in [0.05, 0.1) is 12.7 Å². The molecule has 0 aliphatic rings. The van der Waals surface area contributed by atoms with E-state index in [9.17, 15) is 5.11 Å². The summed E-state index contributed by atoms with van der Waals surface area (Å²) in [5.74, 6) is 0.733. The third kappa shape index (κ3) is 13.6. The highest BCUT2D eigenvalue weighted by Crippen LogP contribution is 2.03. The van der Waals surface area contributed by atoms with Crippen LogP contribution in [0.25, 0.3) is 0 Å². The first-order valence-corrected chi connectivity index (χ1v) is 6.74. The molecule has 0 aromatic rings. The zero-order valence-corrected chi connectivity index (χ0v) is 11.6. The summed E-state index contributed by atoms with van der Waals surface area (Å²) in [6.07, 6.45) is 7.05. The fourth-order valence-corrected chi connectivity index (χ4v) is 1.49. The van der Waals surface area contributed by atoms with Crippen molar-refractivity contribution < 1.29 is 9.84 Å². The molecule has 0 aromatic heterocycles. The zero-order valence-electron chi connectivity index (χ0n) is 11.6. The second kappa shape index (κ2) is 12.1. The smallest absolute Gasteiger partial charge is 0.0897 e. The minimum Gasteiger partial charge on any atom is -0.389 e. The van der Waals surface area contributed by atoms with E-state index in [1.165, 1.54) is 6.42 Å². The maximum Gasteiger partial charge on any atom is 0.0897 e. The van der Waals surface area contributed by atoms with E-state index in [1.54, 1.807) is 0 Å². The van der Waals surface area contributed by atoms with E-state index in [0.717, 1.165) is 31.9 Å². The number of aliphatic hydroxyl groups is 1. The van der Waals surface area contributed by atoms with E-state index >= 15 is 0 Å². The summed E-state index contributed by atoms with van der Waals surface area (Å²) in [6.45, 7) is 9.16. The van der Waals surface area contributed by atoms with Gasteiger partial charge in [0.25, 0.3) is 0 Å². The summed E-state index contributed by atoms with van der Waals surface area (Å²) in [4.78, 5) is 0. The zero-order chi connectivity index (χ0) is 12.9. The molecule has 3 nitrogen and oxygen atoms in total. The Bertz CT molecular complexity index is 181. The van der Waals surface area contributed by atoms with Gasteiger partial charge in [0, 0.05) is 13.2 Å². The van der Waals surface area contributed by atoms with Crippen LogP contribution in [0.4, 0.5) is 0 Å². The predicted molar refractivity (Wildman–Crippen MR) is 73.2 cm³/mol. The molecule has 102 valence electrons. The molecule has 0 spiro atoms. The largest absolute Gasteiger partial charge is 0.389 e. The van der Waals surface area contributed by atoms with Crippen LogP contribution in [0.2, 0.25) is 0 Å². The molecule has 0 aliphatic carbocycles. The lowest BCUT2D eigenvalue weighted by molar-refractivity contribution is 0.0349. The molecule has 1 unspecified atom stereocenters. The monoisotopic (exact) mass is 243 g/mol. The second-order valence-corrected chi connectivity index (χ2v) is 4.83. The Morgan fingerprint density at radius 3 is 2.76 bits per heavy atom. The van der Waals surface area contributed by atoms with Crippen LogP contribution in [-0.4, -0.2) is 37.5 Å². The van der Waals surface area contributed by atoms with Gasteiger partial charge in [-0.15, -0.1) is 0 Å². The first-order valence-electron chi connectivity index (χ1n) is 6.74. The molecule has 0 radical (unpaired) electrons. The molecule has 0 amide bonds. The molecular formula is C14H29NO2. The Morgan fingerprint density at radius 1 is 1.35 bits per heavy atom. The standard InChI is InChI=1S/C14H29NO2/c1-4-5-6-9-15-11-14(16)12-17-10-7-8-13(2)3/h4-5,13-16H,6-12H2,1-3H3/b5-4+. The first-order chi connectivity index (χ1) is 8.16. The number of aliphatic hydroxyl groups excluding tert-OH is 1. The highest BCUT2D eigenvalue weighted by atomic mass is 16.5. The van der Waals surface area contributed by atoms with Crippen LogP contribution in [0, 0.1) is 5.92 Å². The van der Waals surface area contributed by atoms with Gasteiger partial charge in [-0.3, -0.25) is 0 Å². The van der Waals surface area contributed by atoms with Crippen molar-refractivity contribution in [1.29, 1.82) is 0 Å². The summed E-state index contributed by atoms with van der Waals surface area (Å²) in [5.41, 5.74) is 0. The highest BCUT2D eigenvalue weighted by Gasteiger charge is 2.03. The van der Waals surface area contributed by atoms with Crippen molar-refractivity contribution in [1.82, 2.24) is 5.32 Å². The van der Waals surface area contributed by atoms with Crippen LogP contribution >= 0.6 is 0 Å². The summed E-state index contributed by atoms with van der Waals surface area (Å²) in [7, 11) is 0. The fraction of sp³-hybridized carbons (Fsp3) is 0.857. The maximum atomic E-state index is 9.61. The normalized spacial score (nSPS) is 13.7. The van der Waals surface area contributed by atoms with Crippen molar-refractivity contribution >= 4 is 0 Å². The van der Waals surface area contributed by atoms with Crippen molar-refractivity contribution in [3.05, 3.63) is 12.2 Å². The predicted octanol–water partition coefficient (Wildman–Crippen LogP) is 2.36. The second-order valence-electron chi connectivity index (χ2n) is 4.83. The third-order valence-corrected chi connectivity index (χ3v) is 2.48. The van der Waals surface area contributed by atoms with Crippen molar-refractivity contribution in [3.63, 3.8) is 0 Å². The van der Waals surface area contributed by atoms with E-state index in [0.29, 0.717) is 13.2 Å². The fourth-order valence-electron chi connectivity index (χ4n) is 1.49. The number of allylic oxidation sites excluding steroid dienone is 1. The Labute approximate surface area is 106 Å². The van der Waals surface area contributed by atoms with E-state index < -0.39 is 0 Å². The number of ether oxygens (including phenoxy) is 1. The maximum absolute atomic E-state index is 9.61. The Hall–Kier alpha value is -0.380. The van der Waals surface area contributed by atoms with Gasteiger partial charge in [-0.2, -0.15) is 0 Å². The van der Waals surface area contributed by atoms with Crippen LogP contribution in [0.1, 0.15) is 40.0 Å². The Kier molecular flexibility index (Phi) is 11.8. The minimum atomic E-state index is -0.389.